The third-order valence-electron chi connectivity index (χ3n) is 5.89. The van der Waals surface area contributed by atoms with E-state index in [2.05, 4.69) is 41.3 Å². The Hall–Kier alpha value is -2.18. The van der Waals surface area contributed by atoms with E-state index >= 15 is 0 Å². The first-order valence-electron chi connectivity index (χ1n) is 10.0. The molecule has 1 aliphatic carbocycles. The Labute approximate surface area is 167 Å². The Balaban J connectivity index is 1.60. The molecule has 0 amide bonds. The topological polar surface area (TPSA) is 76.5 Å². The Morgan fingerprint density at radius 3 is 2.50 bits per heavy atom. The van der Waals surface area contributed by atoms with Crippen molar-refractivity contribution >= 4 is 0 Å². The lowest BCUT2D eigenvalue weighted by molar-refractivity contribution is 0.101. The standard InChI is InChI=1S/C22H31N3O3/c1-5-14(2)18-10-17(11-20(18)26)23-12-15-6-8-16(9-7-15)19-13-24-21(27-3)22(25-19)28-4/h6-9,13-14,17-18,20,23,26H,5,10-12H2,1-4H3. The van der Waals surface area contributed by atoms with Gasteiger partial charge >= 0.3 is 0 Å². The van der Waals surface area contributed by atoms with Gasteiger partial charge in [-0.3, -0.25) is 0 Å². The van der Waals surface area contributed by atoms with E-state index in [1.165, 1.54) is 5.56 Å². The summed E-state index contributed by atoms with van der Waals surface area (Å²) in [7, 11) is 3.10. The second kappa shape index (κ2) is 9.34. The molecule has 2 aromatic rings. The van der Waals surface area contributed by atoms with Gasteiger partial charge in [-0.2, -0.15) is 0 Å². The van der Waals surface area contributed by atoms with Crippen molar-refractivity contribution in [2.24, 2.45) is 11.8 Å². The van der Waals surface area contributed by atoms with Gasteiger partial charge in [0, 0.05) is 18.2 Å². The van der Waals surface area contributed by atoms with Crippen molar-refractivity contribution in [3.8, 4) is 23.0 Å². The van der Waals surface area contributed by atoms with Crippen molar-refractivity contribution in [2.75, 3.05) is 14.2 Å². The normalized spacial score (nSPS) is 22.8. The first-order chi connectivity index (χ1) is 13.5. The third-order valence-corrected chi connectivity index (χ3v) is 5.89. The van der Waals surface area contributed by atoms with Gasteiger partial charge in [0.2, 0.25) is 0 Å². The summed E-state index contributed by atoms with van der Waals surface area (Å²) in [5.74, 6) is 1.74. The fourth-order valence-electron chi connectivity index (χ4n) is 3.96. The van der Waals surface area contributed by atoms with Crippen LogP contribution >= 0.6 is 0 Å². The highest BCUT2D eigenvalue weighted by molar-refractivity contribution is 5.59. The van der Waals surface area contributed by atoms with Gasteiger partial charge in [-0.1, -0.05) is 44.5 Å². The molecular formula is C22H31N3O3. The molecule has 1 aromatic carbocycles. The maximum atomic E-state index is 10.3. The molecule has 152 valence electrons. The molecule has 0 bridgehead atoms. The van der Waals surface area contributed by atoms with Crippen LogP contribution in [0.2, 0.25) is 0 Å². The van der Waals surface area contributed by atoms with Crippen LogP contribution in [0.5, 0.6) is 11.8 Å². The van der Waals surface area contributed by atoms with Gasteiger partial charge in [-0.15, -0.1) is 0 Å². The minimum absolute atomic E-state index is 0.182. The summed E-state index contributed by atoms with van der Waals surface area (Å²) in [6.07, 6.45) is 4.51. The summed E-state index contributed by atoms with van der Waals surface area (Å²) in [4.78, 5) is 8.70. The van der Waals surface area contributed by atoms with Crippen LogP contribution in [0.3, 0.4) is 0 Å². The molecule has 1 fully saturated rings. The smallest absolute Gasteiger partial charge is 0.278 e. The molecule has 6 nitrogen and oxygen atoms in total. The molecule has 1 aliphatic rings. The van der Waals surface area contributed by atoms with Gasteiger partial charge in [0.1, 0.15) is 0 Å². The second-order valence-corrected chi connectivity index (χ2v) is 7.64. The van der Waals surface area contributed by atoms with Gasteiger partial charge in [0.15, 0.2) is 0 Å². The fourth-order valence-corrected chi connectivity index (χ4v) is 3.96. The summed E-state index contributed by atoms with van der Waals surface area (Å²) in [6.45, 7) is 5.23. The summed E-state index contributed by atoms with van der Waals surface area (Å²) in [5, 5.41) is 13.9. The van der Waals surface area contributed by atoms with E-state index in [1.807, 2.05) is 12.1 Å². The maximum absolute atomic E-state index is 10.3. The van der Waals surface area contributed by atoms with E-state index in [1.54, 1.807) is 20.4 Å². The highest BCUT2D eigenvalue weighted by atomic mass is 16.5. The van der Waals surface area contributed by atoms with Crippen LogP contribution in [0.4, 0.5) is 0 Å². The molecule has 1 heterocycles. The van der Waals surface area contributed by atoms with E-state index in [0.717, 1.165) is 37.1 Å². The molecule has 1 saturated carbocycles. The van der Waals surface area contributed by atoms with Crippen molar-refractivity contribution < 1.29 is 14.6 Å². The van der Waals surface area contributed by atoms with Gasteiger partial charge < -0.3 is 19.9 Å². The number of methoxy groups -OCH3 is 2. The van der Waals surface area contributed by atoms with Crippen LogP contribution in [-0.4, -0.2) is 41.4 Å². The molecule has 0 radical (unpaired) electrons. The Bertz CT molecular complexity index is 766. The van der Waals surface area contributed by atoms with E-state index < -0.39 is 0 Å². The van der Waals surface area contributed by atoms with Crippen molar-refractivity contribution in [2.45, 2.75) is 51.8 Å². The van der Waals surface area contributed by atoms with E-state index in [4.69, 9.17) is 9.47 Å². The van der Waals surface area contributed by atoms with Crippen LogP contribution in [-0.2, 0) is 6.54 Å². The highest BCUT2D eigenvalue weighted by Crippen LogP contribution is 2.33. The number of hydrogen-bond donors (Lipinski definition) is 2. The lowest BCUT2D eigenvalue weighted by atomic mass is 9.89. The average Bonchev–Trinajstić information content (AvgIpc) is 3.12. The number of benzene rings is 1. The van der Waals surface area contributed by atoms with Gasteiger partial charge in [-0.05, 0) is 30.2 Å². The molecule has 1 aromatic heterocycles. The molecule has 6 heteroatoms. The number of hydrogen-bond acceptors (Lipinski definition) is 6. The quantitative estimate of drug-likeness (QED) is 0.725. The molecule has 28 heavy (non-hydrogen) atoms. The Morgan fingerprint density at radius 1 is 1.14 bits per heavy atom. The summed E-state index contributed by atoms with van der Waals surface area (Å²) in [5.41, 5.74) is 2.93. The zero-order chi connectivity index (χ0) is 20.1. The molecule has 0 saturated heterocycles. The molecule has 4 atom stereocenters. The van der Waals surface area contributed by atoms with Crippen LogP contribution in [0, 0.1) is 11.8 Å². The first kappa shape index (κ1) is 20.6. The third kappa shape index (κ3) is 4.62. The lowest BCUT2D eigenvalue weighted by Crippen LogP contribution is -2.26. The second-order valence-electron chi connectivity index (χ2n) is 7.64. The fraction of sp³-hybridized carbons (Fsp3) is 0.545. The van der Waals surface area contributed by atoms with Crippen LogP contribution in [0.25, 0.3) is 11.3 Å². The van der Waals surface area contributed by atoms with Crippen molar-refractivity contribution in [3.63, 3.8) is 0 Å². The van der Waals surface area contributed by atoms with Crippen LogP contribution in [0.15, 0.2) is 30.5 Å². The lowest BCUT2D eigenvalue weighted by Gasteiger charge is -2.20. The van der Waals surface area contributed by atoms with Crippen LogP contribution < -0.4 is 14.8 Å². The predicted octanol–water partition coefficient (Wildman–Crippen LogP) is 3.44. The zero-order valence-corrected chi connectivity index (χ0v) is 17.2. The number of nitrogens with zero attached hydrogens (tertiary/aromatic N) is 2. The van der Waals surface area contributed by atoms with Gasteiger partial charge in [0.25, 0.3) is 11.8 Å². The maximum Gasteiger partial charge on any atom is 0.278 e. The predicted molar refractivity (Wildman–Crippen MR) is 109 cm³/mol. The van der Waals surface area contributed by atoms with Gasteiger partial charge in [-0.25, -0.2) is 9.97 Å². The number of aliphatic hydroxyl groups is 1. The number of ether oxygens (including phenoxy) is 2. The molecule has 3 rings (SSSR count). The minimum atomic E-state index is -0.182. The minimum Gasteiger partial charge on any atom is -0.477 e. The largest absolute Gasteiger partial charge is 0.477 e. The van der Waals surface area contributed by atoms with E-state index in [-0.39, 0.29) is 6.10 Å². The zero-order valence-electron chi connectivity index (χ0n) is 17.2. The molecular weight excluding hydrogens is 354 g/mol. The van der Waals surface area contributed by atoms with Crippen molar-refractivity contribution in [1.29, 1.82) is 0 Å². The monoisotopic (exact) mass is 385 g/mol. The summed E-state index contributed by atoms with van der Waals surface area (Å²) >= 11 is 0. The SMILES string of the molecule is CCC(C)C1CC(NCc2ccc(-c3cnc(OC)c(OC)n3)cc2)CC1O. The average molecular weight is 386 g/mol. The van der Waals surface area contributed by atoms with Crippen LogP contribution in [0.1, 0.15) is 38.7 Å². The summed E-state index contributed by atoms with van der Waals surface area (Å²) < 4.78 is 10.4. The van der Waals surface area contributed by atoms with Gasteiger partial charge in [0.05, 0.1) is 32.2 Å². The number of aromatic nitrogens is 2. The number of rotatable bonds is 8. The molecule has 0 aliphatic heterocycles. The number of aliphatic hydroxyl groups excluding tert-OH is 1. The molecule has 2 N–H and O–H groups in total. The van der Waals surface area contributed by atoms with Crippen molar-refractivity contribution in [1.82, 2.24) is 15.3 Å². The summed E-state index contributed by atoms with van der Waals surface area (Å²) in [6, 6.07) is 8.65. The highest BCUT2D eigenvalue weighted by Gasteiger charge is 2.35. The Morgan fingerprint density at radius 2 is 1.86 bits per heavy atom. The number of nitrogens with one attached hydrogen (secondary N) is 1. The van der Waals surface area contributed by atoms with E-state index in [0.29, 0.717) is 29.6 Å². The first-order valence-corrected chi connectivity index (χ1v) is 10.0. The molecule has 4 unspecified atom stereocenters. The van der Waals surface area contributed by atoms with Crippen molar-refractivity contribution in [3.05, 3.63) is 36.0 Å². The molecule has 0 spiro atoms. The Kier molecular flexibility index (Phi) is 6.86. The van der Waals surface area contributed by atoms with E-state index in [9.17, 15) is 5.11 Å².